The number of amides is 2. The van der Waals surface area contributed by atoms with E-state index in [-0.39, 0.29) is 23.6 Å². The van der Waals surface area contributed by atoms with E-state index in [1.807, 2.05) is 24.0 Å². The van der Waals surface area contributed by atoms with Crippen LogP contribution in [0.1, 0.15) is 28.8 Å². The molecule has 0 aliphatic carbocycles. The van der Waals surface area contributed by atoms with Gasteiger partial charge in [-0.1, -0.05) is 17.7 Å². The van der Waals surface area contributed by atoms with E-state index in [1.165, 1.54) is 29.2 Å². The van der Waals surface area contributed by atoms with Crippen molar-refractivity contribution in [3.05, 3.63) is 65.5 Å². The van der Waals surface area contributed by atoms with Crippen LogP contribution in [0, 0.1) is 24.6 Å². The van der Waals surface area contributed by atoms with Crippen LogP contribution in [0.4, 0.5) is 10.1 Å². The quantitative estimate of drug-likeness (QED) is 0.595. The van der Waals surface area contributed by atoms with Crippen molar-refractivity contribution in [3.63, 3.8) is 0 Å². The van der Waals surface area contributed by atoms with E-state index in [0.717, 1.165) is 18.4 Å². The molecular formula is C23H21FN2O3. The number of aryl methyl sites for hydroxylation is 1. The third-order valence-electron chi connectivity index (χ3n) is 6.54. The van der Waals surface area contributed by atoms with E-state index in [2.05, 4.69) is 0 Å². The summed E-state index contributed by atoms with van der Waals surface area (Å²) < 4.78 is 13.3. The number of imide groups is 1. The van der Waals surface area contributed by atoms with E-state index in [1.54, 1.807) is 12.1 Å². The van der Waals surface area contributed by atoms with Crippen LogP contribution in [0.25, 0.3) is 0 Å². The second-order valence-electron chi connectivity index (χ2n) is 8.16. The van der Waals surface area contributed by atoms with E-state index in [9.17, 15) is 18.8 Å². The van der Waals surface area contributed by atoms with Gasteiger partial charge in [-0.3, -0.25) is 19.3 Å². The average Bonchev–Trinajstić information content (AvgIpc) is 3.35. The summed E-state index contributed by atoms with van der Waals surface area (Å²) in [5, 5.41) is 0. The number of rotatable bonds is 3. The summed E-state index contributed by atoms with van der Waals surface area (Å²) in [4.78, 5) is 43.3. The van der Waals surface area contributed by atoms with Gasteiger partial charge in [-0.15, -0.1) is 0 Å². The van der Waals surface area contributed by atoms with Gasteiger partial charge in [0.1, 0.15) is 5.82 Å². The fourth-order valence-electron chi connectivity index (χ4n) is 5.25. The summed E-state index contributed by atoms with van der Waals surface area (Å²) >= 11 is 0. The van der Waals surface area contributed by atoms with Crippen molar-refractivity contribution in [2.24, 2.45) is 11.8 Å². The predicted molar refractivity (Wildman–Crippen MR) is 105 cm³/mol. The number of anilines is 1. The molecule has 4 atom stereocenters. The summed E-state index contributed by atoms with van der Waals surface area (Å²) in [5.74, 6) is -2.33. The molecule has 3 fully saturated rings. The highest BCUT2D eigenvalue weighted by Crippen LogP contribution is 2.48. The molecule has 0 aromatic heterocycles. The largest absolute Gasteiger partial charge is 0.292 e. The van der Waals surface area contributed by atoms with Crippen LogP contribution in [-0.2, 0) is 9.59 Å². The normalized spacial score (nSPS) is 28.7. The van der Waals surface area contributed by atoms with Crippen molar-refractivity contribution in [2.45, 2.75) is 31.8 Å². The molecular weight excluding hydrogens is 371 g/mol. The molecule has 0 unspecified atom stereocenters. The minimum Gasteiger partial charge on any atom is -0.292 e. The number of benzene rings is 2. The summed E-state index contributed by atoms with van der Waals surface area (Å²) in [5.41, 5.74) is 1.97. The van der Waals surface area contributed by atoms with Gasteiger partial charge in [0.25, 0.3) is 0 Å². The Kier molecular flexibility index (Phi) is 4.13. The van der Waals surface area contributed by atoms with Gasteiger partial charge < -0.3 is 0 Å². The minimum atomic E-state index is -0.688. The molecule has 148 valence electrons. The van der Waals surface area contributed by atoms with Crippen molar-refractivity contribution in [1.82, 2.24) is 4.90 Å². The maximum absolute atomic E-state index is 13.4. The maximum atomic E-state index is 13.4. The van der Waals surface area contributed by atoms with E-state index >= 15 is 0 Å². The summed E-state index contributed by atoms with van der Waals surface area (Å²) in [6.07, 6.45) is 1.70. The predicted octanol–water partition coefficient (Wildman–Crippen LogP) is 2.97. The molecule has 0 radical (unpaired) electrons. The number of halogens is 1. The molecule has 0 bridgehead atoms. The molecule has 3 aliphatic rings. The van der Waals surface area contributed by atoms with Crippen LogP contribution in [-0.4, -0.2) is 41.1 Å². The van der Waals surface area contributed by atoms with Crippen molar-refractivity contribution < 1.29 is 18.8 Å². The molecule has 2 amide bonds. The highest BCUT2D eigenvalue weighted by Gasteiger charge is 2.64. The lowest BCUT2D eigenvalue weighted by molar-refractivity contribution is -0.123. The number of hydrogen-bond acceptors (Lipinski definition) is 4. The first-order valence-electron chi connectivity index (χ1n) is 9.97. The molecule has 2 aromatic carbocycles. The first-order valence-corrected chi connectivity index (χ1v) is 9.97. The van der Waals surface area contributed by atoms with Crippen molar-refractivity contribution in [1.29, 1.82) is 0 Å². The standard InChI is InChI=1S/C23H21FN2O3/c1-13-4-10-16(11-5-13)26-22(28)18-17-3-2-12-25(17)20(19(18)23(26)29)21(27)14-6-8-15(24)9-7-14/h4-11,17-20H,2-3,12H2,1H3/t17-,18-,19+,20-/m1/s1. The fourth-order valence-corrected chi connectivity index (χ4v) is 5.25. The number of carbonyl (C=O) groups excluding carboxylic acids is 3. The molecule has 0 saturated carbocycles. The zero-order valence-corrected chi connectivity index (χ0v) is 16.0. The Morgan fingerprint density at radius 2 is 1.62 bits per heavy atom. The van der Waals surface area contributed by atoms with Crippen LogP contribution in [0.5, 0.6) is 0 Å². The molecule has 5 nitrogen and oxygen atoms in total. The SMILES string of the molecule is Cc1ccc(N2C(=O)[C@H]3[C@H](C2=O)[C@H](C(=O)c2ccc(F)cc2)N2CCC[C@H]32)cc1. The van der Waals surface area contributed by atoms with Gasteiger partial charge in [-0.2, -0.15) is 0 Å². The van der Waals surface area contributed by atoms with E-state index in [4.69, 9.17) is 0 Å². The summed E-state index contributed by atoms with van der Waals surface area (Å²) in [6.45, 7) is 2.64. The van der Waals surface area contributed by atoms with E-state index in [0.29, 0.717) is 17.8 Å². The third-order valence-corrected chi connectivity index (χ3v) is 6.54. The second-order valence-corrected chi connectivity index (χ2v) is 8.16. The Hall–Kier alpha value is -2.86. The monoisotopic (exact) mass is 392 g/mol. The highest BCUT2D eigenvalue weighted by atomic mass is 19.1. The van der Waals surface area contributed by atoms with Gasteiger partial charge in [0.15, 0.2) is 5.78 Å². The lowest BCUT2D eigenvalue weighted by atomic mass is 9.85. The van der Waals surface area contributed by atoms with Crippen LogP contribution < -0.4 is 4.90 Å². The third kappa shape index (κ3) is 2.66. The number of ketones is 1. The Balaban J connectivity index is 1.54. The Bertz CT molecular complexity index is 1000. The molecule has 3 aliphatic heterocycles. The van der Waals surface area contributed by atoms with Crippen LogP contribution in [0.15, 0.2) is 48.5 Å². The van der Waals surface area contributed by atoms with Crippen LogP contribution in [0.3, 0.4) is 0 Å². The Morgan fingerprint density at radius 1 is 0.966 bits per heavy atom. The minimum absolute atomic E-state index is 0.0960. The summed E-state index contributed by atoms with van der Waals surface area (Å²) in [7, 11) is 0. The van der Waals surface area contributed by atoms with Crippen molar-refractivity contribution in [2.75, 3.05) is 11.4 Å². The molecule has 6 heteroatoms. The number of carbonyl (C=O) groups is 3. The maximum Gasteiger partial charge on any atom is 0.239 e. The Labute approximate surface area is 168 Å². The zero-order valence-electron chi connectivity index (χ0n) is 16.0. The summed E-state index contributed by atoms with van der Waals surface area (Å²) in [6, 6.07) is 11.9. The zero-order chi connectivity index (χ0) is 20.3. The Morgan fingerprint density at radius 3 is 2.31 bits per heavy atom. The molecule has 0 spiro atoms. The van der Waals surface area contributed by atoms with Crippen molar-refractivity contribution >= 4 is 23.3 Å². The smallest absolute Gasteiger partial charge is 0.239 e. The molecule has 5 rings (SSSR count). The van der Waals surface area contributed by atoms with Gasteiger partial charge >= 0.3 is 0 Å². The molecule has 3 saturated heterocycles. The molecule has 2 aromatic rings. The topological polar surface area (TPSA) is 57.7 Å². The van der Waals surface area contributed by atoms with Gasteiger partial charge in [0, 0.05) is 11.6 Å². The molecule has 29 heavy (non-hydrogen) atoms. The fraction of sp³-hybridized carbons (Fsp3) is 0.348. The van der Waals surface area contributed by atoms with Crippen LogP contribution >= 0.6 is 0 Å². The number of Topliss-reactive ketones (excluding diaryl/α,β-unsaturated/α-hetero) is 1. The molecule has 0 N–H and O–H groups in total. The highest BCUT2D eigenvalue weighted by molar-refractivity contribution is 6.24. The van der Waals surface area contributed by atoms with Crippen molar-refractivity contribution in [3.8, 4) is 0 Å². The lowest BCUT2D eigenvalue weighted by Crippen LogP contribution is -2.46. The van der Waals surface area contributed by atoms with Gasteiger partial charge in [0.05, 0.1) is 23.6 Å². The number of fused-ring (bicyclic) bond motifs is 3. The second kappa shape index (κ2) is 6.59. The first kappa shape index (κ1) is 18.2. The number of hydrogen-bond donors (Lipinski definition) is 0. The first-order chi connectivity index (χ1) is 14.0. The van der Waals surface area contributed by atoms with Gasteiger partial charge in [-0.05, 0) is 62.7 Å². The number of nitrogens with zero attached hydrogens (tertiary/aromatic N) is 2. The van der Waals surface area contributed by atoms with Crippen LogP contribution in [0.2, 0.25) is 0 Å². The lowest BCUT2D eigenvalue weighted by Gasteiger charge is -2.27. The van der Waals surface area contributed by atoms with Gasteiger partial charge in [-0.25, -0.2) is 9.29 Å². The average molecular weight is 392 g/mol. The van der Waals surface area contributed by atoms with Gasteiger partial charge in [0.2, 0.25) is 11.8 Å². The molecule has 3 heterocycles. The van der Waals surface area contributed by atoms with E-state index < -0.39 is 23.7 Å².